The number of benzene rings is 1. The zero-order valence-corrected chi connectivity index (χ0v) is 18.2. The Labute approximate surface area is 193 Å². The number of hydrogen-bond acceptors (Lipinski definition) is 6. The molecule has 1 aromatic carbocycles. The number of aromatic amines is 1. The molecule has 1 aliphatic rings. The van der Waals surface area contributed by atoms with Crippen molar-refractivity contribution in [3.8, 4) is 22.4 Å². The smallest absolute Gasteiger partial charge is 0.390 e. The quantitative estimate of drug-likeness (QED) is 0.347. The van der Waals surface area contributed by atoms with Crippen LogP contribution in [0.3, 0.4) is 0 Å². The van der Waals surface area contributed by atoms with Crippen molar-refractivity contribution in [3.05, 3.63) is 60.2 Å². The van der Waals surface area contributed by atoms with Crippen LogP contribution in [-0.2, 0) is 12.8 Å². The predicted octanol–water partition coefficient (Wildman–Crippen LogP) is 4.36. The van der Waals surface area contributed by atoms with Gasteiger partial charge in [-0.05, 0) is 37.1 Å². The monoisotopic (exact) mass is 468 g/mol. The fourth-order valence-corrected chi connectivity index (χ4v) is 4.34. The summed E-state index contributed by atoms with van der Waals surface area (Å²) in [6.07, 6.45) is 1.25. The summed E-state index contributed by atoms with van der Waals surface area (Å²) in [5.74, 6) is 0.172. The lowest BCUT2D eigenvalue weighted by Crippen LogP contribution is -2.38. The zero-order valence-electron chi connectivity index (χ0n) is 18.2. The van der Waals surface area contributed by atoms with E-state index in [1.807, 2.05) is 12.1 Å². The summed E-state index contributed by atoms with van der Waals surface area (Å²) in [7, 11) is 0. The lowest BCUT2D eigenvalue weighted by molar-refractivity contribution is -0.137. The highest BCUT2D eigenvalue weighted by Gasteiger charge is 2.36. The number of aliphatic hydroxyl groups excluding tert-OH is 1. The summed E-state index contributed by atoms with van der Waals surface area (Å²) in [6.45, 7) is 1.42. The van der Waals surface area contributed by atoms with Crippen LogP contribution in [0.5, 0.6) is 0 Å². The fourth-order valence-electron chi connectivity index (χ4n) is 4.34. The van der Waals surface area contributed by atoms with Crippen LogP contribution in [0.2, 0.25) is 0 Å². The first-order valence-electron chi connectivity index (χ1n) is 11.0. The number of pyridine rings is 1. The van der Waals surface area contributed by atoms with E-state index >= 15 is 0 Å². The van der Waals surface area contributed by atoms with E-state index in [0.717, 1.165) is 36.7 Å². The highest BCUT2D eigenvalue weighted by molar-refractivity contribution is 5.97. The minimum absolute atomic E-state index is 0.0593. The van der Waals surface area contributed by atoms with Crippen molar-refractivity contribution < 1.29 is 18.3 Å². The molecule has 10 heteroatoms. The summed E-state index contributed by atoms with van der Waals surface area (Å²) in [4.78, 5) is 15.5. The van der Waals surface area contributed by atoms with Gasteiger partial charge in [-0.15, -0.1) is 0 Å². The first-order chi connectivity index (χ1) is 16.4. The molecule has 1 saturated heterocycles. The third-order valence-electron chi connectivity index (χ3n) is 6.01. The third kappa shape index (κ3) is 4.34. The molecule has 0 saturated carbocycles. The number of nitrogens with zero attached hydrogens (tertiary/aromatic N) is 3. The third-order valence-corrected chi connectivity index (χ3v) is 6.01. The molecule has 3 aromatic heterocycles. The van der Waals surface area contributed by atoms with Gasteiger partial charge in [0.1, 0.15) is 5.56 Å². The van der Waals surface area contributed by atoms with E-state index < -0.39 is 11.7 Å². The first-order valence-corrected chi connectivity index (χ1v) is 11.0. The molecule has 5 rings (SSSR count). The largest absolute Gasteiger partial charge is 0.419 e. The Kier molecular flexibility index (Phi) is 5.93. The van der Waals surface area contributed by atoms with Gasteiger partial charge in [-0.2, -0.15) is 13.2 Å². The molecule has 0 aliphatic carbocycles. The molecular formula is C24H23F3N6O. The maximum Gasteiger partial charge on any atom is 0.419 e. The second-order valence-corrected chi connectivity index (χ2v) is 8.26. The molecule has 0 amide bonds. The number of H-pyrrole nitrogens is 1. The van der Waals surface area contributed by atoms with Crippen LogP contribution in [0.15, 0.2) is 48.9 Å². The van der Waals surface area contributed by atoms with Crippen molar-refractivity contribution >= 4 is 16.9 Å². The van der Waals surface area contributed by atoms with E-state index in [1.165, 1.54) is 6.20 Å². The molecule has 0 unspecified atom stereocenters. The van der Waals surface area contributed by atoms with Gasteiger partial charge in [0.2, 0.25) is 5.95 Å². The number of hydrogen-bond donors (Lipinski definition) is 4. The Morgan fingerprint density at radius 3 is 2.79 bits per heavy atom. The van der Waals surface area contributed by atoms with Gasteiger partial charge in [-0.1, -0.05) is 18.2 Å². The van der Waals surface area contributed by atoms with Gasteiger partial charge in [-0.25, -0.2) is 9.97 Å². The molecule has 4 N–H and O–H groups in total. The molecule has 0 bridgehead atoms. The van der Waals surface area contributed by atoms with Gasteiger partial charge in [0, 0.05) is 53.2 Å². The topological polar surface area (TPSA) is 98.8 Å². The molecule has 1 aliphatic heterocycles. The minimum atomic E-state index is -4.60. The molecule has 1 fully saturated rings. The zero-order chi connectivity index (χ0) is 23.7. The van der Waals surface area contributed by atoms with Gasteiger partial charge in [0.05, 0.1) is 18.0 Å². The number of fused-ring (bicyclic) bond motifs is 1. The molecule has 4 aromatic rings. The summed E-state index contributed by atoms with van der Waals surface area (Å²) in [5.41, 5.74) is 2.01. The lowest BCUT2D eigenvalue weighted by Gasteiger charge is -2.24. The summed E-state index contributed by atoms with van der Waals surface area (Å²) >= 11 is 0. The second-order valence-electron chi connectivity index (χ2n) is 8.26. The van der Waals surface area contributed by atoms with Crippen LogP contribution in [0, 0.1) is 0 Å². The van der Waals surface area contributed by atoms with Gasteiger partial charge in [0.25, 0.3) is 0 Å². The summed E-state index contributed by atoms with van der Waals surface area (Å²) < 4.78 is 41.5. The number of halogens is 3. The second kappa shape index (κ2) is 9.03. The number of anilines is 1. The molecular weight excluding hydrogens is 445 g/mol. The van der Waals surface area contributed by atoms with Crippen LogP contribution in [0.1, 0.15) is 24.1 Å². The van der Waals surface area contributed by atoms with Gasteiger partial charge < -0.3 is 20.7 Å². The van der Waals surface area contributed by atoms with E-state index in [2.05, 4.69) is 30.6 Å². The molecule has 0 radical (unpaired) electrons. The number of alkyl halides is 3. The van der Waals surface area contributed by atoms with E-state index in [0.29, 0.717) is 28.7 Å². The van der Waals surface area contributed by atoms with Gasteiger partial charge >= 0.3 is 6.18 Å². The Morgan fingerprint density at radius 1 is 1.15 bits per heavy atom. The van der Waals surface area contributed by atoms with Crippen molar-refractivity contribution in [2.24, 2.45) is 0 Å². The first kappa shape index (κ1) is 22.3. The maximum atomic E-state index is 13.8. The molecule has 1 atom stereocenters. The normalized spacial score (nSPS) is 16.6. The number of nitrogens with one attached hydrogen (secondary N) is 3. The number of aromatic nitrogens is 4. The lowest BCUT2D eigenvalue weighted by atomic mass is 10.0. The summed E-state index contributed by atoms with van der Waals surface area (Å²) in [5, 5.41) is 16.6. The van der Waals surface area contributed by atoms with Crippen molar-refractivity contribution in [2.45, 2.75) is 31.7 Å². The van der Waals surface area contributed by atoms with Crippen molar-refractivity contribution in [1.82, 2.24) is 25.3 Å². The average Bonchev–Trinajstić information content (AvgIpc) is 3.27. The summed E-state index contributed by atoms with van der Waals surface area (Å²) in [6, 6.07) is 9.06. The Balaban J connectivity index is 1.57. The van der Waals surface area contributed by atoms with Crippen LogP contribution in [-0.4, -0.2) is 44.2 Å². The highest BCUT2D eigenvalue weighted by atomic mass is 19.4. The fraction of sp³-hybridized carbons (Fsp3) is 0.292. The van der Waals surface area contributed by atoms with E-state index in [9.17, 15) is 18.3 Å². The van der Waals surface area contributed by atoms with Crippen molar-refractivity contribution in [3.63, 3.8) is 0 Å². The van der Waals surface area contributed by atoms with E-state index in [-0.39, 0.29) is 24.3 Å². The van der Waals surface area contributed by atoms with Crippen LogP contribution in [0.25, 0.3) is 33.3 Å². The van der Waals surface area contributed by atoms with E-state index in [4.69, 9.17) is 0 Å². The molecule has 7 nitrogen and oxygen atoms in total. The maximum absolute atomic E-state index is 13.8. The molecule has 4 heterocycles. The van der Waals surface area contributed by atoms with E-state index in [1.54, 1.807) is 24.4 Å². The van der Waals surface area contributed by atoms with Crippen LogP contribution < -0.4 is 10.6 Å². The highest BCUT2D eigenvalue weighted by Crippen LogP contribution is 2.39. The molecule has 0 spiro atoms. The van der Waals surface area contributed by atoms with Gasteiger partial charge in [-0.3, -0.25) is 4.98 Å². The molecule has 176 valence electrons. The van der Waals surface area contributed by atoms with Crippen LogP contribution >= 0.6 is 0 Å². The Bertz CT molecular complexity index is 1310. The van der Waals surface area contributed by atoms with Crippen molar-refractivity contribution in [2.75, 3.05) is 18.4 Å². The SMILES string of the molecule is OCc1ncccc1-c1ccc2c(-c3nc(N[C@H]4CCCNC4)ncc3C(F)(F)F)c[nH]c2c1. The van der Waals surface area contributed by atoms with Crippen LogP contribution in [0.4, 0.5) is 19.1 Å². The van der Waals surface area contributed by atoms with Crippen molar-refractivity contribution in [1.29, 1.82) is 0 Å². The number of aliphatic hydroxyl groups is 1. The minimum Gasteiger partial charge on any atom is -0.390 e. The van der Waals surface area contributed by atoms with Gasteiger partial charge in [0.15, 0.2) is 0 Å². The number of piperidine rings is 1. The standard InChI is InChI=1S/C24H23F3N6O/c25-24(26,27)19-12-31-23(32-15-3-1-7-28-10-15)33-22(19)18-11-30-20-9-14(5-6-17(18)20)16-4-2-8-29-21(16)13-34/h2,4-6,8-9,11-12,15,28,30,34H,1,3,7,10,13H2,(H,31,32,33)/t15-/m0/s1. The molecule has 34 heavy (non-hydrogen) atoms. The predicted molar refractivity (Wildman–Crippen MR) is 123 cm³/mol. The Hall–Kier alpha value is -3.50. The average molecular weight is 468 g/mol. The number of rotatable bonds is 5. The Morgan fingerprint density at radius 2 is 2.03 bits per heavy atom.